The van der Waals surface area contributed by atoms with E-state index in [1.165, 1.54) is 0 Å². The highest BCUT2D eigenvalue weighted by molar-refractivity contribution is 5.98. The number of nitrogens with one attached hydrogen (secondary N) is 1. The van der Waals surface area contributed by atoms with Gasteiger partial charge in [0.15, 0.2) is 0 Å². The van der Waals surface area contributed by atoms with Crippen LogP contribution in [0.5, 0.6) is 0 Å². The number of halogens is 3. The number of anilines is 1. The Kier molecular flexibility index (Phi) is 5.44. The van der Waals surface area contributed by atoms with E-state index in [4.69, 9.17) is 5.73 Å². The van der Waals surface area contributed by atoms with Gasteiger partial charge in [-0.05, 0) is 18.9 Å². The summed E-state index contributed by atoms with van der Waals surface area (Å²) in [5, 5.41) is 13.1. The molecule has 1 amide bonds. The molecule has 7 nitrogen and oxygen atoms in total. The number of alkyl halides is 3. The molecule has 0 radical (unpaired) electrons. The molecule has 0 unspecified atom stereocenters. The number of rotatable bonds is 6. The van der Waals surface area contributed by atoms with Crippen molar-refractivity contribution >= 4 is 17.4 Å². The Morgan fingerprint density at radius 1 is 1.43 bits per heavy atom. The number of aromatic nitrogens is 1. The van der Waals surface area contributed by atoms with Gasteiger partial charge >= 0.3 is 6.18 Å². The van der Waals surface area contributed by atoms with Crippen LogP contribution < -0.4 is 11.1 Å². The van der Waals surface area contributed by atoms with Crippen LogP contribution in [0.25, 0.3) is 0 Å². The number of nitrogens with two attached hydrogens (primary N) is 1. The normalized spacial score (nSPS) is 11.2. The Bertz CT molecular complexity index is 534. The summed E-state index contributed by atoms with van der Waals surface area (Å²) in [5.41, 5.74) is 4.56. The lowest BCUT2D eigenvalue weighted by molar-refractivity contribution is -0.385. The average Bonchev–Trinajstić information content (AvgIpc) is 2.36. The first-order chi connectivity index (χ1) is 9.70. The summed E-state index contributed by atoms with van der Waals surface area (Å²) in [6.45, 7) is -0.0195. The van der Waals surface area contributed by atoms with Crippen LogP contribution in [0.2, 0.25) is 0 Å². The number of carbonyl (C=O) groups is 1. The number of hydrogen-bond acceptors (Lipinski definition) is 5. The fraction of sp³-hybridized carbons (Fsp3) is 0.455. The largest absolute Gasteiger partial charge is 0.389 e. The summed E-state index contributed by atoms with van der Waals surface area (Å²) in [6.07, 6.45) is -4.34. The highest BCUT2D eigenvalue weighted by Gasteiger charge is 2.26. The van der Waals surface area contributed by atoms with Crippen LogP contribution >= 0.6 is 0 Å². The first-order valence-electron chi connectivity index (χ1n) is 5.95. The third-order valence-corrected chi connectivity index (χ3v) is 2.52. The zero-order valence-corrected chi connectivity index (χ0v) is 10.8. The lowest BCUT2D eigenvalue weighted by Crippen LogP contribution is -2.25. The van der Waals surface area contributed by atoms with Gasteiger partial charge in [-0.3, -0.25) is 14.9 Å². The minimum Gasteiger partial charge on any atom is -0.384 e. The number of unbranched alkanes of at least 4 members (excludes halogenated alkanes) is 1. The van der Waals surface area contributed by atoms with E-state index in [0.29, 0.717) is 0 Å². The molecule has 3 N–H and O–H groups in total. The van der Waals surface area contributed by atoms with Crippen LogP contribution in [0.1, 0.15) is 29.6 Å². The number of nitrogens with zero attached hydrogens (tertiary/aromatic N) is 2. The minimum absolute atomic E-state index is 0.0195. The summed E-state index contributed by atoms with van der Waals surface area (Å²) in [6, 6.07) is 1.04. The van der Waals surface area contributed by atoms with Crippen molar-refractivity contribution in [3.8, 4) is 0 Å². The summed E-state index contributed by atoms with van der Waals surface area (Å²) >= 11 is 0. The maximum absolute atomic E-state index is 11.9. The van der Waals surface area contributed by atoms with Gasteiger partial charge in [0, 0.05) is 13.0 Å². The molecule has 1 rings (SSSR count). The van der Waals surface area contributed by atoms with Crippen molar-refractivity contribution in [1.82, 2.24) is 10.3 Å². The third-order valence-electron chi connectivity index (χ3n) is 2.52. The predicted molar refractivity (Wildman–Crippen MR) is 67.5 cm³/mol. The van der Waals surface area contributed by atoms with Crippen LogP contribution in [0.15, 0.2) is 12.3 Å². The summed E-state index contributed by atoms with van der Waals surface area (Å²) in [4.78, 5) is 25.2. The molecule has 0 bridgehead atoms. The zero-order chi connectivity index (χ0) is 16.0. The molecule has 0 fully saturated rings. The molecule has 21 heavy (non-hydrogen) atoms. The van der Waals surface area contributed by atoms with E-state index in [-0.39, 0.29) is 30.8 Å². The highest BCUT2D eigenvalue weighted by Crippen LogP contribution is 2.22. The summed E-state index contributed by atoms with van der Waals surface area (Å²) in [5.74, 6) is -0.842. The van der Waals surface area contributed by atoms with Crippen molar-refractivity contribution < 1.29 is 22.9 Å². The third kappa shape index (κ3) is 5.63. The minimum atomic E-state index is -4.23. The van der Waals surface area contributed by atoms with Crippen LogP contribution in [-0.2, 0) is 0 Å². The molecule has 0 aromatic carbocycles. The highest BCUT2D eigenvalue weighted by atomic mass is 19.4. The molecule has 0 atom stereocenters. The second kappa shape index (κ2) is 6.86. The fourth-order valence-electron chi connectivity index (χ4n) is 1.54. The summed E-state index contributed by atoms with van der Waals surface area (Å²) in [7, 11) is 0. The number of carbonyl (C=O) groups excluding carboxylic acids is 1. The Morgan fingerprint density at radius 3 is 2.67 bits per heavy atom. The Hall–Kier alpha value is -2.39. The molecule has 0 saturated heterocycles. The maximum atomic E-state index is 11.9. The van der Waals surface area contributed by atoms with Crippen molar-refractivity contribution in [3.63, 3.8) is 0 Å². The Labute approximate surface area is 117 Å². The van der Waals surface area contributed by atoms with E-state index in [1.807, 2.05) is 0 Å². The molecular weight excluding hydrogens is 293 g/mol. The molecule has 1 aromatic heterocycles. The molecule has 0 aliphatic rings. The molecule has 1 aromatic rings. The van der Waals surface area contributed by atoms with Crippen molar-refractivity contribution in [2.45, 2.75) is 25.4 Å². The summed E-state index contributed by atoms with van der Waals surface area (Å²) < 4.78 is 35.7. The fourth-order valence-corrected chi connectivity index (χ4v) is 1.54. The molecule has 0 aliphatic heterocycles. The zero-order valence-electron chi connectivity index (χ0n) is 10.8. The second-order valence-electron chi connectivity index (χ2n) is 4.21. The van der Waals surface area contributed by atoms with E-state index < -0.39 is 29.1 Å². The molecule has 116 valence electrons. The van der Waals surface area contributed by atoms with Gasteiger partial charge in [-0.25, -0.2) is 4.98 Å². The average molecular weight is 306 g/mol. The van der Waals surface area contributed by atoms with Gasteiger partial charge in [0.05, 0.1) is 4.92 Å². The first-order valence-corrected chi connectivity index (χ1v) is 5.95. The van der Waals surface area contributed by atoms with Gasteiger partial charge < -0.3 is 11.1 Å². The molecule has 10 heteroatoms. The van der Waals surface area contributed by atoms with Crippen LogP contribution in [-0.4, -0.2) is 28.5 Å². The monoisotopic (exact) mass is 306 g/mol. The van der Waals surface area contributed by atoms with E-state index >= 15 is 0 Å². The number of hydrogen-bond donors (Lipinski definition) is 2. The Balaban J connectivity index is 2.56. The smallest absolute Gasteiger partial charge is 0.384 e. The van der Waals surface area contributed by atoms with Crippen molar-refractivity contribution in [1.29, 1.82) is 0 Å². The van der Waals surface area contributed by atoms with Gasteiger partial charge in [-0.2, -0.15) is 13.2 Å². The number of pyridine rings is 1. The maximum Gasteiger partial charge on any atom is 0.389 e. The van der Waals surface area contributed by atoms with Crippen LogP contribution in [0.3, 0.4) is 0 Å². The van der Waals surface area contributed by atoms with Gasteiger partial charge in [-0.15, -0.1) is 0 Å². The molecule has 1 heterocycles. The Morgan fingerprint density at radius 2 is 2.10 bits per heavy atom. The lowest BCUT2D eigenvalue weighted by atomic mass is 10.2. The van der Waals surface area contributed by atoms with E-state index in [0.717, 1.165) is 12.3 Å². The van der Waals surface area contributed by atoms with E-state index in [2.05, 4.69) is 10.3 Å². The predicted octanol–water partition coefficient (Wildman–Crippen LogP) is 2.03. The SMILES string of the molecule is Nc1cc(C(=O)NCCCCC(F)(F)F)c([N+](=O)[O-])cn1. The number of amides is 1. The number of nitro groups is 1. The van der Waals surface area contributed by atoms with Gasteiger partial charge in [0.25, 0.3) is 11.6 Å². The first kappa shape index (κ1) is 16.7. The van der Waals surface area contributed by atoms with E-state index in [9.17, 15) is 28.1 Å². The molecule has 0 saturated carbocycles. The lowest BCUT2D eigenvalue weighted by Gasteiger charge is -2.07. The molecule has 0 aliphatic carbocycles. The topological polar surface area (TPSA) is 111 Å². The second-order valence-corrected chi connectivity index (χ2v) is 4.21. The van der Waals surface area contributed by atoms with Crippen molar-refractivity contribution in [2.24, 2.45) is 0 Å². The van der Waals surface area contributed by atoms with Gasteiger partial charge in [0.2, 0.25) is 0 Å². The standard InChI is InChI=1S/C11H13F3N4O3/c12-11(13,14)3-1-2-4-16-10(19)7-5-9(15)17-6-8(7)18(20)21/h5-6H,1-4H2,(H2,15,17)(H,16,19). The van der Waals surface area contributed by atoms with Gasteiger partial charge in [0.1, 0.15) is 17.6 Å². The van der Waals surface area contributed by atoms with Crippen molar-refractivity contribution in [2.75, 3.05) is 12.3 Å². The number of nitrogen functional groups attached to an aromatic ring is 1. The van der Waals surface area contributed by atoms with Gasteiger partial charge in [-0.1, -0.05) is 0 Å². The molecular formula is C11H13F3N4O3. The molecule has 0 spiro atoms. The van der Waals surface area contributed by atoms with Crippen LogP contribution in [0.4, 0.5) is 24.7 Å². The van der Waals surface area contributed by atoms with E-state index in [1.54, 1.807) is 0 Å². The quantitative estimate of drug-likeness (QED) is 0.474. The van der Waals surface area contributed by atoms with Crippen LogP contribution in [0, 0.1) is 10.1 Å². The van der Waals surface area contributed by atoms with Crippen molar-refractivity contribution in [3.05, 3.63) is 27.9 Å².